The molecule has 1 aliphatic heterocycles. The number of allylic oxidation sites excluding steroid dienone is 2. The highest BCUT2D eigenvalue weighted by Gasteiger charge is 2.25. The van der Waals surface area contributed by atoms with Gasteiger partial charge < -0.3 is 9.63 Å². The minimum absolute atomic E-state index is 0.0655. The number of aliphatic hydroxyl groups excluding tert-OH is 1. The van der Waals surface area contributed by atoms with Gasteiger partial charge in [-0.1, -0.05) is 12.2 Å². The van der Waals surface area contributed by atoms with E-state index in [9.17, 15) is 4.57 Å². The van der Waals surface area contributed by atoms with Crippen molar-refractivity contribution in [1.29, 1.82) is 0 Å². The maximum Gasteiger partial charge on any atom is 0.210 e. The molecular formula is C7H13O3P. The van der Waals surface area contributed by atoms with Crippen LogP contribution in [0.4, 0.5) is 0 Å². The maximum atomic E-state index is 11.6. The molecule has 0 fully saturated rings. The third-order valence-electron chi connectivity index (χ3n) is 1.56. The fourth-order valence-corrected chi connectivity index (χ4v) is 2.98. The smallest absolute Gasteiger partial charge is 0.210 e. The molecule has 1 atom stereocenters. The van der Waals surface area contributed by atoms with Crippen LogP contribution in [-0.2, 0) is 9.09 Å². The van der Waals surface area contributed by atoms with E-state index < -0.39 is 7.37 Å². The molecule has 64 valence electrons. The highest BCUT2D eigenvalue weighted by atomic mass is 31.2. The second kappa shape index (κ2) is 3.53. The van der Waals surface area contributed by atoms with Crippen LogP contribution in [-0.4, -0.2) is 30.1 Å². The van der Waals surface area contributed by atoms with Gasteiger partial charge in [-0.25, -0.2) is 0 Å². The summed E-state index contributed by atoms with van der Waals surface area (Å²) in [6.45, 7) is 1.65. The quantitative estimate of drug-likeness (QED) is 0.519. The van der Waals surface area contributed by atoms with E-state index in [-0.39, 0.29) is 12.7 Å². The predicted octanol–water partition coefficient (Wildman–Crippen LogP) is 1.23. The Morgan fingerprint density at radius 2 is 2.18 bits per heavy atom. The first-order valence-corrected chi connectivity index (χ1v) is 5.68. The second-order valence-corrected chi connectivity index (χ2v) is 5.32. The largest absolute Gasteiger partial charge is 0.394 e. The van der Waals surface area contributed by atoms with E-state index in [0.717, 1.165) is 0 Å². The first kappa shape index (κ1) is 8.98. The molecule has 4 heteroatoms. The van der Waals surface area contributed by atoms with Crippen LogP contribution in [0, 0.1) is 0 Å². The van der Waals surface area contributed by atoms with Crippen LogP contribution < -0.4 is 0 Å². The number of hydrogen-bond donors (Lipinski definition) is 1. The van der Waals surface area contributed by atoms with E-state index >= 15 is 0 Å². The second-order valence-electron chi connectivity index (χ2n) is 2.75. The van der Waals surface area contributed by atoms with Gasteiger partial charge in [0.15, 0.2) is 0 Å². The average molecular weight is 176 g/mol. The first-order valence-electron chi connectivity index (χ1n) is 3.68. The van der Waals surface area contributed by atoms with Gasteiger partial charge in [-0.3, -0.25) is 4.57 Å². The summed E-state index contributed by atoms with van der Waals surface area (Å²) in [5.74, 6) is 0. The fourth-order valence-electron chi connectivity index (χ4n) is 0.992. The molecule has 0 amide bonds. The monoisotopic (exact) mass is 176 g/mol. The topological polar surface area (TPSA) is 46.5 Å². The lowest BCUT2D eigenvalue weighted by Gasteiger charge is -2.16. The minimum Gasteiger partial charge on any atom is -0.394 e. The van der Waals surface area contributed by atoms with Gasteiger partial charge in [0.1, 0.15) is 0 Å². The van der Waals surface area contributed by atoms with Crippen LogP contribution in [0.25, 0.3) is 0 Å². The minimum atomic E-state index is -2.41. The van der Waals surface area contributed by atoms with Crippen molar-refractivity contribution in [2.75, 3.05) is 18.9 Å². The number of hydrogen-bond acceptors (Lipinski definition) is 3. The van der Waals surface area contributed by atoms with E-state index in [0.29, 0.717) is 12.3 Å². The summed E-state index contributed by atoms with van der Waals surface area (Å²) in [4.78, 5) is 0. The molecule has 0 aromatic rings. The number of rotatable bonds is 3. The van der Waals surface area contributed by atoms with E-state index in [1.54, 1.807) is 6.92 Å². The van der Waals surface area contributed by atoms with Crippen LogP contribution in [0.5, 0.6) is 0 Å². The Kier molecular flexibility index (Phi) is 2.88. The normalized spacial score (nSPS) is 23.8. The molecule has 0 aromatic heterocycles. The highest BCUT2D eigenvalue weighted by Crippen LogP contribution is 2.50. The summed E-state index contributed by atoms with van der Waals surface area (Å²) < 4.78 is 16.8. The van der Waals surface area contributed by atoms with E-state index in [1.807, 2.05) is 12.2 Å². The van der Waals surface area contributed by atoms with Gasteiger partial charge in [0.05, 0.1) is 12.7 Å². The first-order chi connectivity index (χ1) is 5.16. The summed E-state index contributed by atoms with van der Waals surface area (Å²) >= 11 is 0. The molecule has 1 rings (SSSR count). The SMILES string of the molecule is CC(CO)OP1(=O)CC=CC1. The lowest BCUT2D eigenvalue weighted by atomic mass is 10.5. The van der Waals surface area contributed by atoms with Crippen molar-refractivity contribution < 1.29 is 14.2 Å². The molecule has 1 N–H and O–H groups in total. The van der Waals surface area contributed by atoms with Crippen molar-refractivity contribution in [3.63, 3.8) is 0 Å². The molecule has 0 aromatic carbocycles. The molecular weight excluding hydrogens is 163 g/mol. The summed E-state index contributed by atoms with van der Waals surface area (Å²) in [6, 6.07) is 0. The van der Waals surface area contributed by atoms with Gasteiger partial charge in [-0.2, -0.15) is 0 Å². The molecule has 0 bridgehead atoms. The molecule has 0 aliphatic carbocycles. The lowest BCUT2D eigenvalue weighted by molar-refractivity contribution is 0.133. The van der Waals surface area contributed by atoms with Crippen molar-refractivity contribution in [1.82, 2.24) is 0 Å². The molecule has 0 radical (unpaired) electrons. The van der Waals surface area contributed by atoms with Crippen LogP contribution in [0.15, 0.2) is 12.2 Å². The Morgan fingerprint density at radius 3 is 2.64 bits per heavy atom. The van der Waals surface area contributed by atoms with E-state index in [2.05, 4.69) is 0 Å². The fraction of sp³-hybridized carbons (Fsp3) is 0.714. The third-order valence-corrected chi connectivity index (χ3v) is 3.84. The Morgan fingerprint density at radius 1 is 1.64 bits per heavy atom. The molecule has 3 nitrogen and oxygen atoms in total. The summed E-state index contributed by atoms with van der Waals surface area (Å²) in [5.41, 5.74) is 0. The zero-order chi connectivity index (χ0) is 8.32. The highest BCUT2D eigenvalue weighted by molar-refractivity contribution is 7.59. The van der Waals surface area contributed by atoms with Gasteiger partial charge in [0.2, 0.25) is 7.37 Å². The van der Waals surface area contributed by atoms with Gasteiger partial charge in [-0.15, -0.1) is 0 Å². The Balaban J connectivity index is 2.42. The van der Waals surface area contributed by atoms with Gasteiger partial charge >= 0.3 is 0 Å². The zero-order valence-electron chi connectivity index (χ0n) is 6.56. The summed E-state index contributed by atoms with van der Waals surface area (Å²) in [5, 5.41) is 8.64. The summed E-state index contributed by atoms with van der Waals surface area (Å²) in [7, 11) is -2.41. The Hall–Kier alpha value is -0.110. The van der Waals surface area contributed by atoms with Crippen molar-refractivity contribution >= 4 is 7.37 Å². The molecule has 1 aliphatic rings. The van der Waals surface area contributed by atoms with Crippen LogP contribution in [0.1, 0.15) is 6.92 Å². The van der Waals surface area contributed by atoms with Crippen molar-refractivity contribution in [2.24, 2.45) is 0 Å². The molecule has 11 heavy (non-hydrogen) atoms. The number of aliphatic hydroxyl groups is 1. The molecule has 0 spiro atoms. The van der Waals surface area contributed by atoms with Gasteiger partial charge in [-0.05, 0) is 6.92 Å². The van der Waals surface area contributed by atoms with E-state index in [1.165, 1.54) is 0 Å². The zero-order valence-corrected chi connectivity index (χ0v) is 7.46. The molecule has 1 heterocycles. The molecule has 0 saturated heterocycles. The predicted molar refractivity (Wildman–Crippen MR) is 44.1 cm³/mol. The van der Waals surface area contributed by atoms with Crippen molar-refractivity contribution in [2.45, 2.75) is 13.0 Å². The van der Waals surface area contributed by atoms with Crippen LogP contribution in [0.2, 0.25) is 0 Å². The van der Waals surface area contributed by atoms with Gasteiger partial charge in [0, 0.05) is 12.3 Å². The molecule has 0 saturated carbocycles. The van der Waals surface area contributed by atoms with Crippen LogP contribution >= 0.6 is 7.37 Å². The van der Waals surface area contributed by atoms with Crippen LogP contribution in [0.3, 0.4) is 0 Å². The standard InChI is InChI=1S/C7H13O3P/c1-7(6-8)10-11(9)4-2-3-5-11/h2-3,7-8H,4-6H2,1H3. The van der Waals surface area contributed by atoms with E-state index in [4.69, 9.17) is 9.63 Å². The summed E-state index contributed by atoms with van der Waals surface area (Å²) in [6.07, 6.45) is 4.48. The van der Waals surface area contributed by atoms with Gasteiger partial charge in [0.25, 0.3) is 0 Å². The average Bonchev–Trinajstić information content (AvgIpc) is 2.36. The Bertz CT molecular complexity index is 188. The maximum absolute atomic E-state index is 11.6. The molecule has 1 unspecified atom stereocenters. The Labute approximate surface area is 66.5 Å². The third kappa shape index (κ3) is 2.44. The van der Waals surface area contributed by atoms with Crippen molar-refractivity contribution in [3.8, 4) is 0 Å². The lowest BCUT2D eigenvalue weighted by Crippen LogP contribution is -2.11. The van der Waals surface area contributed by atoms with Crippen molar-refractivity contribution in [3.05, 3.63) is 12.2 Å².